The minimum atomic E-state index is -3.61. The molecule has 21 heavy (non-hydrogen) atoms. The molecule has 1 aliphatic rings. The molecule has 1 aromatic rings. The van der Waals surface area contributed by atoms with Crippen LogP contribution < -0.4 is 4.72 Å². The summed E-state index contributed by atoms with van der Waals surface area (Å²) in [6.45, 7) is 0.417. The highest BCUT2D eigenvalue weighted by atomic mass is 79.9. The van der Waals surface area contributed by atoms with Gasteiger partial charge in [-0.25, -0.2) is 17.9 Å². The molecule has 0 radical (unpaired) electrons. The third kappa shape index (κ3) is 4.28. The molecule has 0 saturated heterocycles. The van der Waals surface area contributed by atoms with Crippen LogP contribution >= 0.6 is 15.9 Å². The molecule has 0 heterocycles. The van der Waals surface area contributed by atoms with Crippen LogP contribution in [0.25, 0.3) is 0 Å². The predicted molar refractivity (Wildman–Crippen MR) is 82.9 cm³/mol. The lowest BCUT2D eigenvalue weighted by atomic mass is 10.1. The third-order valence-electron chi connectivity index (χ3n) is 3.79. The number of hydrogen-bond acceptors (Lipinski definition) is 3. The highest BCUT2D eigenvalue weighted by Crippen LogP contribution is 2.27. The molecule has 0 bridgehead atoms. The second-order valence-electron chi connectivity index (χ2n) is 5.29. The van der Waals surface area contributed by atoms with Gasteiger partial charge in [0.15, 0.2) is 0 Å². The second-order valence-corrected chi connectivity index (χ2v) is 7.88. The average Bonchev–Trinajstić information content (AvgIpc) is 2.91. The fourth-order valence-electron chi connectivity index (χ4n) is 2.63. The molecule has 1 saturated carbocycles. The molecule has 0 spiro atoms. The largest absolute Gasteiger partial charge is 0.478 e. The van der Waals surface area contributed by atoms with Gasteiger partial charge < -0.3 is 5.11 Å². The van der Waals surface area contributed by atoms with Crippen LogP contribution in [-0.2, 0) is 10.0 Å². The zero-order valence-corrected chi connectivity index (χ0v) is 13.9. The molecule has 0 amide bonds. The lowest BCUT2D eigenvalue weighted by Crippen LogP contribution is -2.26. The van der Waals surface area contributed by atoms with Gasteiger partial charge in [-0.1, -0.05) is 25.7 Å². The van der Waals surface area contributed by atoms with Gasteiger partial charge in [-0.2, -0.15) is 0 Å². The quantitative estimate of drug-likeness (QED) is 0.800. The molecule has 2 N–H and O–H groups in total. The smallest absolute Gasteiger partial charge is 0.335 e. The summed E-state index contributed by atoms with van der Waals surface area (Å²) in [4.78, 5) is 10.9. The van der Waals surface area contributed by atoms with Crippen LogP contribution in [0.3, 0.4) is 0 Å². The van der Waals surface area contributed by atoms with Crippen molar-refractivity contribution >= 4 is 31.9 Å². The molecule has 0 atom stereocenters. The summed E-state index contributed by atoms with van der Waals surface area (Å²) < 4.78 is 27.3. The summed E-state index contributed by atoms with van der Waals surface area (Å²) >= 11 is 3.13. The second kappa shape index (κ2) is 6.89. The van der Waals surface area contributed by atoms with Crippen LogP contribution in [0.2, 0.25) is 0 Å². The highest BCUT2D eigenvalue weighted by Gasteiger charge is 2.20. The zero-order chi connectivity index (χ0) is 15.5. The number of sulfonamides is 1. The maximum absolute atomic E-state index is 12.2. The Morgan fingerprint density at radius 1 is 1.33 bits per heavy atom. The number of carboxylic acids is 1. The van der Waals surface area contributed by atoms with Gasteiger partial charge in [-0.05, 0) is 46.5 Å². The average molecular weight is 376 g/mol. The number of rotatable bonds is 6. The Kier molecular flexibility index (Phi) is 5.40. The SMILES string of the molecule is O=C(O)c1ccc(S(=O)(=O)NCCC2CCCC2)c(Br)c1. The van der Waals surface area contributed by atoms with Gasteiger partial charge in [0.1, 0.15) is 0 Å². The Morgan fingerprint density at radius 3 is 2.57 bits per heavy atom. The minimum Gasteiger partial charge on any atom is -0.478 e. The number of halogens is 1. The molecule has 7 heteroatoms. The first-order chi connectivity index (χ1) is 9.90. The van der Waals surface area contributed by atoms with E-state index in [1.807, 2.05) is 0 Å². The molecule has 2 rings (SSSR count). The minimum absolute atomic E-state index is 0.0479. The fraction of sp³-hybridized carbons (Fsp3) is 0.500. The Bertz CT molecular complexity index is 624. The van der Waals surface area contributed by atoms with Gasteiger partial charge in [0.05, 0.1) is 10.5 Å². The van der Waals surface area contributed by atoms with Gasteiger partial charge in [0.2, 0.25) is 10.0 Å². The van der Waals surface area contributed by atoms with Crippen LogP contribution in [0.4, 0.5) is 0 Å². The highest BCUT2D eigenvalue weighted by molar-refractivity contribution is 9.10. The monoisotopic (exact) mass is 375 g/mol. The van der Waals surface area contributed by atoms with E-state index in [0.717, 1.165) is 6.42 Å². The van der Waals surface area contributed by atoms with E-state index in [4.69, 9.17) is 5.11 Å². The normalized spacial score (nSPS) is 16.2. The number of carbonyl (C=O) groups is 1. The van der Waals surface area contributed by atoms with Gasteiger partial charge in [-0.3, -0.25) is 0 Å². The van der Waals surface area contributed by atoms with Crippen molar-refractivity contribution in [2.75, 3.05) is 6.54 Å². The van der Waals surface area contributed by atoms with Crippen molar-refractivity contribution in [3.8, 4) is 0 Å². The molecular formula is C14H18BrNO4S. The number of nitrogens with one attached hydrogen (secondary N) is 1. The Labute approximate surface area is 132 Å². The van der Waals surface area contributed by atoms with Crippen LogP contribution in [0.5, 0.6) is 0 Å². The molecule has 1 aromatic carbocycles. The first-order valence-corrected chi connectivity index (χ1v) is 9.20. The van der Waals surface area contributed by atoms with Gasteiger partial charge in [0, 0.05) is 11.0 Å². The van der Waals surface area contributed by atoms with E-state index < -0.39 is 16.0 Å². The van der Waals surface area contributed by atoms with Crippen molar-refractivity contribution in [3.63, 3.8) is 0 Å². The molecule has 5 nitrogen and oxygen atoms in total. The molecule has 0 aliphatic heterocycles. The zero-order valence-electron chi connectivity index (χ0n) is 11.5. The summed E-state index contributed by atoms with van der Waals surface area (Å²) in [6, 6.07) is 3.90. The van der Waals surface area contributed by atoms with Crippen molar-refractivity contribution in [3.05, 3.63) is 28.2 Å². The van der Waals surface area contributed by atoms with E-state index in [1.54, 1.807) is 0 Å². The Balaban J connectivity index is 2.03. The van der Waals surface area contributed by atoms with E-state index in [9.17, 15) is 13.2 Å². The summed E-state index contributed by atoms with van der Waals surface area (Å²) in [5.74, 6) is -0.473. The number of hydrogen-bond donors (Lipinski definition) is 2. The lowest BCUT2D eigenvalue weighted by molar-refractivity contribution is 0.0696. The lowest BCUT2D eigenvalue weighted by Gasteiger charge is -2.11. The first kappa shape index (κ1) is 16.5. The standard InChI is InChI=1S/C14H18BrNO4S/c15-12-9-11(14(17)18)5-6-13(12)21(19,20)16-8-7-10-3-1-2-4-10/h5-6,9-10,16H,1-4,7-8H2,(H,17,18). The fourth-order valence-corrected chi connectivity index (χ4v) is 4.75. The van der Waals surface area contributed by atoms with Crippen molar-refractivity contribution in [2.24, 2.45) is 5.92 Å². The van der Waals surface area contributed by atoms with Crippen molar-refractivity contribution in [1.29, 1.82) is 0 Å². The predicted octanol–water partition coefficient (Wildman–Crippen LogP) is 3.01. The van der Waals surface area contributed by atoms with E-state index in [1.165, 1.54) is 43.9 Å². The summed E-state index contributed by atoms with van der Waals surface area (Å²) in [6.07, 6.45) is 5.68. The maximum atomic E-state index is 12.2. The topological polar surface area (TPSA) is 83.5 Å². The van der Waals surface area contributed by atoms with Crippen LogP contribution in [0.15, 0.2) is 27.6 Å². The Morgan fingerprint density at radius 2 is 2.00 bits per heavy atom. The van der Waals surface area contributed by atoms with Gasteiger partial charge >= 0.3 is 5.97 Å². The van der Waals surface area contributed by atoms with Crippen molar-refractivity contribution in [1.82, 2.24) is 4.72 Å². The molecular weight excluding hydrogens is 358 g/mol. The summed E-state index contributed by atoms with van der Waals surface area (Å²) in [5, 5.41) is 8.88. The molecule has 0 aromatic heterocycles. The van der Waals surface area contributed by atoms with E-state index >= 15 is 0 Å². The number of carboxylic acid groups (broad SMARTS) is 1. The third-order valence-corrected chi connectivity index (χ3v) is 6.23. The molecule has 1 aliphatic carbocycles. The summed E-state index contributed by atoms with van der Waals surface area (Å²) in [7, 11) is -3.61. The van der Waals surface area contributed by atoms with E-state index in [0.29, 0.717) is 12.5 Å². The van der Waals surface area contributed by atoms with Crippen LogP contribution in [-0.4, -0.2) is 26.0 Å². The number of aromatic carboxylic acids is 1. The molecule has 1 fully saturated rings. The van der Waals surface area contributed by atoms with E-state index in [2.05, 4.69) is 20.7 Å². The first-order valence-electron chi connectivity index (χ1n) is 6.92. The molecule has 0 unspecified atom stereocenters. The Hall–Kier alpha value is -0.920. The van der Waals surface area contributed by atoms with E-state index in [-0.39, 0.29) is 14.9 Å². The van der Waals surface area contributed by atoms with Crippen LogP contribution in [0.1, 0.15) is 42.5 Å². The van der Waals surface area contributed by atoms with Crippen molar-refractivity contribution < 1.29 is 18.3 Å². The van der Waals surface area contributed by atoms with Crippen LogP contribution in [0, 0.1) is 5.92 Å². The number of benzene rings is 1. The van der Waals surface area contributed by atoms with Gasteiger partial charge in [0.25, 0.3) is 0 Å². The van der Waals surface area contributed by atoms with Crippen molar-refractivity contribution in [2.45, 2.75) is 37.0 Å². The molecule has 116 valence electrons. The summed E-state index contributed by atoms with van der Waals surface area (Å²) in [5.41, 5.74) is 0.0479. The van der Waals surface area contributed by atoms with Gasteiger partial charge in [-0.15, -0.1) is 0 Å². The maximum Gasteiger partial charge on any atom is 0.335 e.